The fourth-order valence-corrected chi connectivity index (χ4v) is 8.29. The molecule has 2 unspecified atom stereocenters. The molecule has 0 aliphatic carbocycles. The van der Waals surface area contributed by atoms with Crippen LogP contribution in [0.4, 0.5) is 32.6 Å². The van der Waals surface area contributed by atoms with Crippen molar-refractivity contribution in [2.75, 3.05) is 21.3 Å². The van der Waals surface area contributed by atoms with Crippen LogP contribution in [0.5, 0.6) is 11.8 Å². The smallest absolute Gasteiger partial charge is 0.413 e. The lowest BCUT2D eigenvalue weighted by molar-refractivity contribution is -0.124. The maximum Gasteiger partial charge on any atom is 0.413 e. The molecule has 0 radical (unpaired) electrons. The third-order valence-corrected chi connectivity index (χ3v) is 12.3. The maximum atomic E-state index is 12.7. The summed E-state index contributed by atoms with van der Waals surface area (Å²) in [7, 11) is 3.27. The number of rotatable bonds is 9. The average Bonchev–Trinajstić information content (AvgIpc) is 3.92. The summed E-state index contributed by atoms with van der Waals surface area (Å²) in [6, 6.07) is 32.2. The molecule has 8 heterocycles. The van der Waals surface area contributed by atoms with Gasteiger partial charge in [-0.2, -0.15) is 0 Å². The van der Waals surface area contributed by atoms with E-state index in [0.717, 1.165) is 5.56 Å². The Morgan fingerprint density at radius 3 is 1.61 bits per heavy atom. The summed E-state index contributed by atoms with van der Waals surface area (Å²) in [5, 5.41) is 27.0. The number of amides is 4. The first-order chi connectivity index (χ1) is 35.6. The van der Waals surface area contributed by atoms with Gasteiger partial charge in [0, 0.05) is 48.7 Å². The van der Waals surface area contributed by atoms with E-state index in [-0.39, 0.29) is 28.7 Å². The minimum atomic E-state index is -0.850. The number of hydrogen-bond acceptors (Lipinski definition) is 16. The lowest BCUT2D eigenvalue weighted by atomic mass is 10.1. The second-order valence-corrected chi connectivity index (χ2v) is 18.0. The predicted molar refractivity (Wildman–Crippen MR) is 277 cm³/mol. The van der Waals surface area contributed by atoms with Crippen LogP contribution in [0, 0.1) is 0 Å². The highest BCUT2D eigenvalue weighted by Gasteiger charge is 2.32. The normalized spacial score (nSPS) is 15.0. The molecular weight excluding hydrogens is 1130 g/mol. The molecule has 22 nitrogen and oxygen atoms in total. The van der Waals surface area contributed by atoms with E-state index in [4.69, 9.17) is 42.1 Å². The van der Waals surface area contributed by atoms with Crippen molar-refractivity contribution in [1.29, 1.82) is 0 Å². The Kier molecular flexibility index (Phi) is 16.7. The third-order valence-electron chi connectivity index (χ3n) is 10.7. The summed E-state index contributed by atoms with van der Waals surface area (Å²) in [5.41, 5.74) is 4.39. The van der Waals surface area contributed by atoms with E-state index in [2.05, 4.69) is 93.7 Å². The van der Waals surface area contributed by atoms with Gasteiger partial charge in [0.05, 0.1) is 5.69 Å². The minimum Gasteiger partial charge on any atom is -0.458 e. The van der Waals surface area contributed by atoms with E-state index in [1.807, 2.05) is 48.5 Å². The number of aromatic nitrogens is 10. The first-order valence-electron chi connectivity index (χ1n) is 22.0. The molecule has 0 bridgehead atoms. The molecule has 26 heteroatoms. The molecule has 2 aliphatic heterocycles. The van der Waals surface area contributed by atoms with Crippen LogP contribution in [0.3, 0.4) is 0 Å². The number of ether oxygens (including phenoxy) is 4. The van der Waals surface area contributed by atoms with Crippen LogP contribution in [-0.4, -0.2) is 73.9 Å². The van der Waals surface area contributed by atoms with Gasteiger partial charge in [0.25, 0.3) is 11.8 Å². The van der Waals surface area contributed by atoms with Gasteiger partial charge in [0.1, 0.15) is 38.5 Å². The van der Waals surface area contributed by atoms with Crippen molar-refractivity contribution in [3.63, 3.8) is 0 Å². The van der Waals surface area contributed by atoms with Crippen molar-refractivity contribution in [3.8, 4) is 23.1 Å². The summed E-state index contributed by atoms with van der Waals surface area (Å²) in [6.45, 7) is 3.39. The second kappa shape index (κ2) is 23.7. The summed E-state index contributed by atoms with van der Waals surface area (Å²) < 4.78 is 26.2. The number of benzene rings is 2. The summed E-state index contributed by atoms with van der Waals surface area (Å²) in [4.78, 5) is 65.6. The van der Waals surface area contributed by atoms with E-state index in [0.29, 0.717) is 65.5 Å². The SMILES string of the molecule is C[C@@H](OC(=O)Nc1c(-c2ccc3c(n2)OC(c2ccccc2)C(=O)N3)nnn1C)c1cccnc1Cl.C[C@@H](OC(=O)Nc1c(Br)nnn1C)c1cccnc1Cl.O=C1Nc2ccc(Br)nc2OC1c1ccccc1. The van der Waals surface area contributed by atoms with Crippen LogP contribution in [0.2, 0.25) is 10.3 Å². The number of carbonyl (C=O) groups excluding carboxylic acids is 4. The molecule has 2 aliphatic rings. The molecule has 0 saturated carbocycles. The van der Waals surface area contributed by atoms with E-state index < -0.39 is 36.6 Å². The van der Waals surface area contributed by atoms with Gasteiger partial charge in [0.2, 0.25) is 24.0 Å². The van der Waals surface area contributed by atoms with Crippen LogP contribution < -0.4 is 30.7 Å². The molecule has 6 aromatic heterocycles. The first kappa shape index (κ1) is 52.3. The third kappa shape index (κ3) is 12.6. The highest BCUT2D eigenvalue weighted by atomic mass is 79.9. The Hall–Kier alpha value is -8.06. The summed E-state index contributed by atoms with van der Waals surface area (Å²) in [5.74, 6) is 0.835. The minimum absolute atomic E-state index is 0.183. The Labute approximate surface area is 447 Å². The van der Waals surface area contributed by atoms with E-state index in [9.17, 15) is 19.2 Å². The molecule has 10 rings (SSSR count). The summed E-state index contributed by atoms with van der Waals surface area (Å²) in [6.07, 6.45) is -0.937. The second-order valence-electron chi connectivity index (χ2n) is 15.7. The Morgan fingerprint density at radius 1 is 0.635 bits per heavy atom. The van der Waals surface area contributed by atoms with Crippen molar-refractivity contribution in [2.45, 2.75) is 38.3 Å². The van der Waals surface area contributed by atoms with Crippen LogP contribution in [0.1, 0.15) is 60.5 Å². The van der Waals surface area contributed by atoms with E-state index >= 15 is 0 Å². The van der Waals surface area contributed by atoms with Crippen LogP contribution >= 0.6 is 55.1 Å². The topological polar surface area (TPSA) is 266 Å². The number of anilines is 4. The zero-order chi connectivity index (χ0) is 52.5. The van der Waals surface area contributed by atoms with Gasteiger partial charge >= 0.3 is 12.2 Å². The van der Waals surface area contributed by atoms with Crippen molar-refractivity contribution in [1.82, 2.24) is 49.9 Å². The van der Waals surface area contributed by atoms with Gasteiger partial charge in [0.15, 0.2) is 21.9 Å². The molecule has 4 atom stereocenters. The number of hydrogen-bond donors (Lipinski definition) is 4. The molecule has 4 amide bonds. The van der Waals surface area contributed by atoms with E-state index in [1.54, 1.807) is 101 Å². The number of carbonyl (C=O) groups is 4. The number of pyridine rings is 4. The molecule has 0 spiro atoms. The van der Waals surface area contributed by atoms with Gasteiger partial charge in [-0.25, -0.2) is 38.9 Å². The van der Waals surface area contributed by atoms with Crippen LogP contribution in [0.15, 0.2) is 131 Å². The predicted octanol–water partition coefficient (Wildman–Crippen LogP) is 10.2. The highest BCUT2D eigenvalue weighted by Crippen LogP contribution is 2.37. The fourth-order valence-electron chi connectivity index (χ4n) is 7.02. The number of aryl methyl sites for hydroxylation is 2. The number of nitrogens with zero attached hydrogens (tertiary/aromatic N) is 10. The van der Waals surface area contributed by atoms with Crippen molar-refractivity contribution >= 4 is 102 Å². The van der Waals surface area contributed by atoms with Gasteiger partial charge in [-0.05, 0) is 82.1 Å². The van der Waals surface area contributed by atoms with Gasteiger partial charge in [-0.3, -0.25) is 20.2 Å². The van der Waals surface area contributed by atoms with Gasteiger partial charge in [-0.15, -0.1) is 10.2 Å². The number of fused-ring (bicyclic) bond motifs is 2. The Balaban J connectivity index is 0.000000162. The molecule has 0 saturated heterocycles. The quantitative estimate of drug-likeness (QED) is 0.0979. The molecule has 8 aromatic rings. The molecule has 0 fully saturated rings. The van der Waals surface area contributed by atoms with Gasteiger partial charge in [-0.1, -0.05) is 106 Å². The number of halogens is 4. The lowest BCUT2D eigenvalue weighted by Crippen LogP contribution is -2.30. The zero-order valence-corrected chi connectivity index (χ0v) is 43.8. The standard InChI is InChI=1S/C24H20ClN7O4.C13H9BrN2O2.C11H11BrClN5O2/c1-13(15-9-6-12-26-20(15)25)35-24(34)29-21-18(30-31-32(21)2)16-10-11-17-23(28-16)36-19(22(33)27-17)14-7-4-3-5-8-14;14-10-7-6-9-13(16-10)18-11(12(17)15-9)8-4-2-1-3-5-8;1-6(7-4-3-5-14-9(7)13)20-11(19)15-10-8(12)16-17-18(10)2/h3-13,19H,1-2H3,(H,27,33)(H,29,34);1-7,11H,(H,15,17);3-6H,1-2H3,(H,15,19)/t13-,19?;;6-/m1.1/s1. The molecule has 4 N–H and O–H groups in total. The molecule has 378 valence electrons. The van der Waals surface area contributed by atoms with Crippen molar-refractivity contribution < 1.29 is 38.1 Å². The highest BCUT2D eigenvalue weighted by molar-refractivity contribution is 9.10. The largest absolute Gasteiger partial charge is 0.458 e. The van der Waals surface area contributed by atoms with Crippen molar-refractivity contribution in [2.24, 2.45) is 14.1 Å². The van der Waals surface area contributed by atoms with E-state index in [1.165, 1.54) is 9.36 Å². The fraction of sp³-hybridized carbons (Fsp3) is 0.167. The summed E-state index contributed by atoms with van der Waals surface area (Å²) >= 11 is 18.5. The Morgan fingerprint density at radius 2 is 1.11 bits per heavy atom. The maximum absolute atomic E-state index is 12.7. The molecular formula is C48H40Br2Cl2N14O8. The monoisotopic (exact) mass is 1170 g/mol. The van der Waals surface area contributed by atoms with Crippen LogP contribution in [-0.2, 0) is 33.2 Å². The molecule has 74 heavy (non-hydrogen) atoms. The number of nitrogens with one attached hydrogen (secondary N) is 4. The lowest BCUT2D eigenvalue weighted by Gasteiger charge is -2.25. The zero-order valence-electron chi connectivity index (χ0n) is 39.1. The molecule has 2 aromatic carbocycles. The van der Waals surface area contributed by atoms with Crippen molar-refractivity contribution in [3.05, 3.63) is 163 Å². The Bertz CT molecular complexity index is 3320. The first-order valence-corrected chi connectivity index (χ1v) is 24.3. The average molecular weight is 1170 g/mol. The van der Waals surface area contributed by atoms with Crippen LogP contribution in [0.25, 0.3) is 11.4 Å². The van der Waals surface area contributed by atoms with Gasteiger partial charge < -0.3 is 29.6 Å².